The summed E-state index contributed by atoms with van der Waals surface area (Å²) in [6, 6.07) is 4.92. The molecule has 0 atom stereocenters. The van der Waals surface area contributed by atoms with Gasteiger partial charge in [0.2, 0.25) is 5.91 Å². The minimum Gasteiger partial charge on any atom is -0.399 e. The number of hydrogen-bond acceptors (Lipinski definition) is 4. The van der Waals surface area contributed by atoms with Gasteiger partial charge >= 0.3 is 0 Å². The summed E-state index contributed by atoms with van der Waals surface area (Å²) < 4.78 is 0. The molecule has 0 saturated heterocycles. The third kappa shape index (κ3) is 3.87. The average molecular weight is 264 g/mol. The molecule has 1 rings (SSSR count). The van der Waals surface area contributed by atoms with Crippen LogP contribution in [0.15, 0.2) is 18.2 Å². The van der Waals surface area contributed by atoms with E-state index in [0.29, 0.717) is 23.5 Å². The van der Waals surface area contributed by atoms with Crippen molar-refractivity contribution >= 4 is 23.2 Å². The summed E-state index contributed by atoms with van der Waals surface area (Å²) >= 11 is 0. The zero-order chi connectivity index (χ0) is 14.4. The Morgan fingerprint density at radius 3 is 2.63 bits per heavy atom. The van der Waals surface area contributed by atoms with Crippen LogP contribution in [0.3, 0.4) is 0 Å². The van der Waals surface area contributed by atoms with E-state index in [1.165, 1.54) is 0 Å². The Morgan fingerprint density at radius 2 is 2.05 bits per heavy atom. The Morgan fingerprint density at radius 1 is 1.37 bits per heavy atom. The third-order valence-corrected chi connectivity index (χ3v) is 2.85. The van der Waals surface area contributed by atoms with Crippen LogP contribution in [0, 0.1) is 0 Å². The Balaban J connectivity index is 2.85. The first-order chi connectivity index (χ1) is 8.99. The van der Waals surface area contributed by atoms with Gasteiger partial charge in [-0.25, -0.2) is 0 Å². The lowest BCUT2D eigenvalue weighted by atomic mass is 10.1. The van der Waals surface area contributed by atoms with Crippen molar-refractivity contribution in [2.45, 2.75) is 6.92 Å². The first-order valence-electron chi connectivity index (χ1n) is 6.09. The quantitative estimate of drug-likeness (QED) is 0.677. The largest absolute Gasteiger partial charge is 0.399 e. The van der Waals surface area contributed by atoms with Gasteiger partial charge in [0.15, 0.2) is 0 Å². The van der Waals surface area contributed by atoms with Crippen molar-refractivity contribution in [3.8, 4) is 0 Å². The van der Waals surface area contributed by atoms with Gasteiger partial charge in [0, 0.05) is 32.0 Å². The molecule has 0 spiro atoms. The highest BCUT2D eigenvalue weighted by atomic mass is 16.2. The zero-order valence-corrected chi connectivity index (χ0v) is 11.5. The van der Waals surface area contributed by atoms with Crippen LogP contribution in [0.2, 0.25) is 0 Å². The van der Waals surface area contributed by atoms with Crippen LogP contribution >= 0.6 is 0 Å². The monoisotopic (exact) mass is 264 g/mol. The van der Waals surface area contributed by atoms with Gasteiger partial charge in [-0.3, -0.25) is 9.59 Å². The average Bonchev–Trinajstić information content (AvgIpc) is 2.43. The number of likely N-dealkylation sites (N-methyl/N-ethyl adjacent to an activating group) is 1. The predicted octanol–water partition coefficient (Wildman–Crippen LogP) is 0.519. The van der Waals surface area contributed by atoms with Crippen molar-refractivity contribution in [1.29, 1.82) is 0 Å². The summed E-state index contributed by atoms with van der Waals surface area (Å²) in [6.07, 6.45) is 0. The molecule has 2 amide bonds. The molecular formula is C13H20N4O2. The molecule has 1 aromatic rings. The van der Waals surface area contributed by atoms with Crippen molar-refractivity contribution in [3.05, 3.63) is 23.8 Å². The van der Waals surface area contributed by atoms with Crippen LogP contribution in [0.4, 0.5) is 11.4 Å². The second-order valence-corrected chi connectivity index (χ2v) is 4.15. The van der Waals surface area contributed by atoms with E-state index in [1.54, 1.807) is 37.2 Å². The first kappa shape index (κ1) is 14.8. The van der Waals surface area contributed by atoms with Gasteiger partial charge in [-0.1, -0.05) is 0 Å². The lowest BCUT2D eigenvalue weighted by molar-refractivity contribution is -0.127. The van der Waals surface area contributed by atoms with E-state index in [0.717, 1.165) is 0 Å². The van der Waals surface area contributed by atoms with E-state index in [2.05, 4.69) is 10.6 Å². The lowest BCUT2D eigenvalue weighted by Crippen LogP contribution is -2.32. The topological polar surface area (TPSA) is 87.5 Å². The second kappa shape index (κ2) is 6.63. The minimum absolute atomic E-state index is 0.0484. The number of nitrogens with zero attached hydrogens (tertiary/aromatic N) is 1. The summed E-state index contributed by atoms with van der Waals surface area (Å²) in [5.74, 6) is -0.272. The van der Waals surface area contributed by atoms with Crippen molar-refractivity contribution in [2.24, 2.45) is 0 Å². The molecule has 4 N–H and O–H groups in total. The van der Waals surface area contributed by atoms with Gasteiger partial charge < -0.3 is 21.3 Å². The summed E-state index contributed by atoms with van der Waals surface area (Å²) in [5, 5.41) is 5.50. The number of hydrogen-bond donors (Lipinski definition) is 3. The van der Waals surface area contributed by atoms with E-state index in [1.807, 2.05) is 6.92 Å². The third-order valence-electron chi connectivity index (χ3n) is 2.85. The first-order valence-corrected chi connectivity index (χ1v) is 6.09. The maximum Gasteiger partial charge on any atom is 0.253 e. The van der Waals surface area contributed by atoms with Crippen LogP contribution in [0.5, 0.6) is 0 Å². The van der Waals surface area contributed by atoms with Crippen molar-refractivity contribution in [3.63, 3.8) is 0 Å². The summed E-state index contributed by atoms with van der Waals surface area (Å²) in [5.41, 5.74) is 7.24. The molecular weight excluding hydrogens is 244 g/mol. The fraction of sp³-hybridized carbons (Fsp3) is 0.385. The number of benzene rings is 1. The van der Waals surface area contributed by atoms with Crippen LogP contribution < -0.4 is 16.4 Å². The molecule has 0 unspecified atom stereocenters. The molecule has 0 aliphatic rings. The molecule has 0 aromatic heterocycles. The molecule has 0 bridgehead atoms. The van der Waals surface area contributed by atoms with E-state index in [-0.39, 0.29) is 18.4 Å². The van der Waals surface area contributed by atoms with E-state index in [9.17, 15) is 9.59 Å². The SMILES string of the molecule is CCN(C)C(=O)CNc1cc(N)ccc1C(=O)NC. The molecule has 0 heterocycles. The highest BCUT2D eigenvalue weighted by Crippen LogP contribution is 2.19. The Labute approximate surface area is 113 Å². The molecule has 0 radical (unpaired) electrons. The standard InChI is InChI=1S/C13H20N4O2/c1-4-17(3)12(18)8-16-11-7-9(14)5-6-10(11)13(19)15-2/h5-7,16H,4,8,14H2,1-3H3,(H,15,19). The fourth-order valence-corrected chi connectivity index (χ4v) is 1.52. The number of carbonyl (C=O) groups excluding carboxylic acids is 2. The highest BCUT2D eigenvalue weighted by Gasteiger charge is 2.12. The van der Waals surface area contributed by atoms with Gasteiger partial charge in [-0.2, -0.15) is 0 Å². The van der Waals surface area contributed by atoms with Crippen LogP contribution in [0.1, 0.15) is 17.3 Å². The lowest BCUT2D eigenvalue weighted by Gasteiger charge is -2.16. The maximum absolute atomic E-state index is 11.7. The Hall–Kier alpha value is -2.24. The molecule has 1 aromatic carbocycles. The van der Waals surface area contributed by atoms with Gasteiger partial charge in [-0.05, 0) is 25.1 Å². The minimum atomic E-state index is -0.223. The summed E-state index contributed by atoms with van der Waals surface area (Å²) in [6.45, 7) is 2.66. The summed E-state index contributed by atoms with van der Waals surface area (Å²) in [7, 11) is 3.28. The maximum atomic E-state index is 11.7. The van der Waals surface area contributed by atoms with Crippen molar-refractivity contribution < 1.29 is 9.59 Å². The molecule has 104 valence electrons. The predicted molar refractivity (Wildman–Crippen MR) is 76.0 cm³/mol. The van der Waals surface area contributed by atoms with Crippen molar-refractivity contribution in [2.75, 3.05) is 38.2 Å². The number of carbonyl (C=O) groups is 2. The number of nitrogens with two attached hydrogens (primary N) is 1. The molecule has 0 saturated carbocycles. The van der Waals surface area contributed by atoms with Crippen LogP contribution in [-0.4, -0.2) is 43.9 Å². The van der Waals surface area contributed by atoms with E-state index >= 15 is 0 Å². The van der Waals surface area contributed by atoms with Crippen LogP contribution in [0.25, 0.3) is 0 Å². The highest BCUT2D eigenvalue weighted by molar-refractivity contribution is 6.00. The summed E-state index contributed by atoms with van der Waals surface area (Å²) in [4.78, 5) is 25.0. The van der Waals surface area contributed by atoms with Crippen LogP contribution in [-0.2, 0) is 4.79 Å². The molecule has 6 heteroatoms. The molecule has 0 aliphatic carbocycles. The number of nitrogens with one attached hydrogen (secondary N) is 2. The van der Waals surface area contributed by atoms with Crippen molar-refractivity contribution in [1.82, 2.24) is 10.2 Å². The molecule has 19 heavy (non-hydrogen) atoms. The smallest absolute Gasteiger partial charge is 0.253 e. The van der Waals surface area contributed by atoms with E-state index < -0.39 is 0 Å². The Kier molecular flexibility index (Phi) is 5.17. The molecule has 0 fully saturated rings. The number of amides is 2. The number of nitrogen functional groups attached to an aromatic ring is 1. The fourth-order valence-electron chi connectivity index (χ4n) is 1.52. The van der Waals surface area contributed by atoms with E-state index in [4.69, 9.17) is 5.73 Å². The van der Waals surface area contributed by atoms with Gasteiger partial charge in [0.05, 0.1) is 12.1 Å². The normalized spacial score (nSPS) is 9.84. The second-order valence-electron chi connectivity index (χ2n) is 4.15. The molecule has 6 nitrogen and oxygen atoms in total. The molecule has 0 aliphatic heterocycles. The zero-order valence-electron chi connectivity index (χ0n) is 11.5. The van der Waals surface area contributed by atoms with Gasteiger partial charge in [0.1, 0.15) is 0 Å². The number of anilines is 2. The van der Waals surface area contributed by atoms with Gasteiger partial charge in [0.25, 0.3) is 5.91 Å². The van der Waals surface area contributed by atoms with Gasteiger partial charge in [-0.15, -0.1) is 0 Å². The Bertz CT molecular complexity index is 474. The number of rotatable bonds is 5.